The van der Waals surface area contributed by atoms with Crippen LogP contribution in [0.15, 0.2) is 53.4 Å². The Labute approximate surface area is 217 Å². The van der Waals surface area contributed by atoms with Crippen molar-refractivity contribution in [2.75, 3.05) is 51.3 Å². The maximum Gasteiger partial charge on any atom is 0.251 e. The fraction of sp³-hybridized carbons (Fsp3) is 0.370. The van der Waals surface area contributed by atoms with Crippen molar-refractivity contribution in [3.63, 3.8) is 0 Å². The minimum Gasteiger partial charge on any atom is -0.396 e. The molecule has 7 nitrogen and oxygen atoms in total. The van der Waals surface area contributed by atoms with Crippen molar-refractivity contribution >= 4 is 43.4 Å². The third kappa shape index (κ3) is 5.80. The number of nitriles is 1. The van der Waals surface area contributed by atoms with E-state index < -0.39 is 10.0 Å². The third-order valence-electron chi connectivity index (χ3n) is 6.60. The Morgan fingerprint density at radius 2 is 1.81 bits per heavy atom. The molecule has 1 atom stereocenters. The van der Waals surface area contributed by atoms with Gasteiger partial charge in [0.15, 0.2) is 4.91 Å². The molecule has 36 heavy (non-hydrogen) atoms. The number of anilines is 1. The first kappa shape index (κ1) is 26.3. The van der Waals surface area contributed by atoms with E-state index in [1.54, 1.807) is 13.8 Å². The van der Waals surface area contributed by atoms with Gasteiger partial charge in [0.25, 0.3) is 10.0 Å². The highest BCUT2D eigenvalue weighted by Gasteiger charge is 2.22. The standard InChI is InChI=1S/C27H32N4O3S2/c1-19(18-32)17-29-36(33,34)27(16-28)20(2)25-8-9-26(35-25)23-5-4-22-15-24(7-6-21(22)14-23)31-12-10-30(3)11-13-31/h4-9,14-15,19,29,32H,10-13,17-18H2,1-3H3/b27-20+. The lowest BCUT2D eigenvalue weighted by Crippen LogP contribution is -2.44. The lowest BCUT2D eigenvalue weighted by atomic mass is 10.0. The van der Waals surface area contributed by atoms with Crippen molar-refractivity contribution in [1.82, 2.24) is 9.62 Å². The first-order chi connectivity index (χ1) is 17.2. The number of benzene rings is 2. The summed E-state index contributed by atoms with van der Waals surface area (Å²) in [6.45, 7) is 7.51. The van der Waals surface area contributed by atoms with Gasteiger partial charge in [0.2, 0.25) is 0 Å². The van der Waals surface area contributed by atoms with E-state index in [0.29, 0.717) is 5.57 Å². The molecular formula is C27H32N4O3S2. The topological polar surface area (TPSA) is 96.7 Å². The Morgan fingerprint density at radius 1 is 1.11 bits per heavy atom. The van der Waals surface area contributed by atoms with E-state index in [9.17, 15) is 13.7 Å². The summed E-state index contributed by atoms with van der Waals surface area (Å²) in [5, 5.41) is 21.1. The van der Waals surface area contributed by atoms with Crippen LogP contribution in [0.2, 0.25) is 0 Å². The number of rotatable bonds is 8. The summed E-state index contributed by atoms with van der Waals surface area (Å²) in [5.74, 6) is -0.237. The number of aliphatic hydroxyl groups excluding tert-OH is 1. The molecule has 1 aliphatic rings. The van der Waals surface area contributed by atoms with Crippen LogP contribution in [-0.2, 0) is 10.0 Å². The number of allylic oxidation sites excluding steroid dienone is 2. The highest BCUT2D eigenvalue weighted by atomic mass is 32.2. The third-order valence-corrected chi connectivity index (χ3v) is 9.33. The molecule has 0 bridgehead atoms. The summed E-state index contributed by atoms with van der Waals surface area (Å²) in [7, 11) is -1.81. The zero-order valence-corrected chi connectivity index (χ0v) is 22.5. The van der Waals surface area contributed by atoms with Crippen molar-refractivity contribution in [1.29, 1.82) is 5.26 Å². The van der Waals surface area contributed by atoms with Crippen LogP contribution in [0.3, 0.4) is 0 Å². The normalized spacial score (nSPS) is 16.6. The highest BCUT2D eigenvalue weighted by molar-refractivity contribution is 7.93. The van der Waals surface area contributed by atoms with Gasteiger partial charge in [0.05, 0.1) is 0 Å². The number of hydrogen-bond acceptors (Lipinski definition) is 7. The molecule has 4 rings (SSSR count). The molecule has 1 aromatic heterocycles. The molecule has 190 valence electrons. The summed E-state index contributed by atoms with van der Waals surface area (Å²) in [6.07, 6.45) is 0. The van der Waals surface area contributed by atoms with Gasteiger partial charge >= 0.3 is 0 Å². The van der Waals surface area contributed by atoms with Gasteiger partial charge in [-0.1, -0.05) is 25.1 Å². The van der Waals surface area contributed by atoms with E-state index >= 15 is 0 Å². The van der Waals surface area contributed by atoms with E-state index in [0.717, 1.165) is 46.9 Å². The summed E-state index contributed by atoms with van der Waals surface area (Å²) < 4.78 is 27.8. The molecule has 0 amide bonds. The summed E-state index contributed by atoms with van der Waals surface area (Å²) in [5.41, 5.74) is 2.71. The molecule has 2 aromatic carbocycles. The van der Waals surface area contributed by atoms with E-state index in [2.05, 4.69) is 58.0 Å². The van der Waals surface area contributed by atoms with Gasteiger partial charge in [-0.15, -0.1) is 11.3 Å². The predicted octanol–water partition coefficient (Wildman–Crippen LogP) is 4.12. The molecule has 0 saturated carbocycles. The van der Waals surface area contributed by atoms with Gasteiger partial charge in [0.1, 0.15) is 6.07 Å². The Morgan fingerprint density at radius 3 is 2.50 bits per heavy atom. The maximum atomic E-state index is 12.7. The zero-order chi connectivity index (χ0) is 25.9. The molecular weight excluding hydrogens is 492 g/mol. The Kier molecular flexibility index (Phi) is 8.13. The second-order valence-corrected chi connectivity index (χ2v) is 12.2. The van der Waals surface area contributed by atoms with Gasteiger partial charge in [-0.3, -0.25) is 0 Å². The first-order valence-electron chi connectivity index (χ1n) is 12.0. The molecule has 1 saturated heterocycles. The number of thiophene rings is 1. The average molecular weight is 525 g/mol. The number of piperazine rings is 1. The lowest BCUT2D eigenvalue weighted by molar-refractivity contribution is 0.239. The number of aliphatic hydroxyl groups is 1. The zero-order valence-electron chi connectivity index (χ0n) is 20.9. The molecule has 0 spiro atoms. The van der Waals surface area contributed by atoms with E-state index in [-0.39, 0.29) is 24.0 Å². The Balaban J connectivity index is 1.57. The van der Waals surface area contributed by atoms with Crippen molar-refractivity contribution in [3.8, 4) is 16.5 Å². The molecule has 1 unspecified atom stereocenters. The van der Waals surface area contributed by atoms with E-state index in [4.69, 9.17) is 5.11 Å². The number of nitrogens with one attached hydrogen (secondary N) is 1. The maximum absolute atomic E-state index is 12.7. The van der Waals surface area contributed by atoms with Crippen LogP contribution >= 0.6 is 11.3 Å². The molecule has 2 heterocycles. The van der Waals surface area contributed by atoms with Crippen LogP contribution in [0, 0.1) is 17.2 Å². The number of likely N-dealkylation sites (N-methyl/N-ethyl adjacent to an activating group) is 1. The van der Waals surface area contributed by atoms with Crippen LogP contribution in [0.5, 0.6) is 0 Å². The molecule has 9 heteroatoms. The van der Waals surface area contributed by atoms with Crippen LogP contribution < -0.4 is 9.62 Å². The Hall–Kier alpha value is -2.74. The molecule has 1 aliphatic heterocycles. The summed E-state index contributed by atoms with van der Waals surface area (Å²) in [4.78, 5) is 6.21. The highest BCUT2D eigenvalue weighted by Crippen LogP contribution is 2.35. The van der Waals surface area contributed by atoms with Crippen LogP contribution in [0.4, 0.5) is 5.69 Å². The van der Waals surface area contributed by atoms with Gasteiger partial charge < -0.3 is 14.9 Å². The first-order valence-corrected chi connectivity index (χ1v) is 14.3. The molecule has 0 radical (unpaired) electrons. The van der Waals surface area contributed by atoms with E-state index in [1.807, 2.05) is 18.2 Å². The van der Waals surface area contributed by atoms with Crippen LogP contribution in [0.25, 0.3) is 26.8 Å². The van der Waals surface area contributed by atoms with Crippen LogP contribution in [0.1, 0.15) is 18.7 Å². The number of nitrogens with zero attached hydrogens (tertiary/aromatic N) is 3. The van der Waals surface area contributed by atoms with E-state index in [1.165, 1.54) is 22.4 Å². The second-order valence-electron chi connectivity index (χ2n) is 9.41. The van der Waals surface area contributed by atoms with Crippen molar-refractivity contribution in [2.24, 2.45) is 5.92 Å². The quantitative estimate of drug-likeness (QED) is 0.430. The van der Waals surface area contributed by atoms with Crippen LogP contribution in [-0.4, -0.2) is 64.8 Å². The minimum atomic E-state index is -3.97. The largest absolute Gasteiger partial charge is 0.396 e. The predicted molar refractivity (Wildman–Crippen MR) is 148 cm³/mol. The number of sulfonamides is 1. The fourth-order valence-electron chi connectivity index (χ4n) is 4.19. The SMILES string of the molecule is C/C(=C(/C#N)S(=O)(=O)NCC(C)CO)c1ccc(-c2ccc3cc(N4CCN(C)CC4)ccc3c2)s1. The van der Waals surface area contributed by atoms with Gasteiger partial charge in [-0.05, 0) is 72.1 Å². The van der Waals surface area contributed by atoms with Gasteiger partial charge in [-0.25, -0.2) is 13.1 Å². The van der Waals surface area contributed by atoms with Gasteiger partial charge in [-0.2, -0.15) is 5.26 Å². The number of hydrogen-bond donors (Lipinski definition) is 2. The van der Waals surface area contributed by atoms with Crippen molar-refractivity contribution in [2.45, 2.75) is 13.8 Å². The van der Waals surface area contributed by atoms with Crippen molar-refractivity contribution < 1.29 is 13.5 Å². The summed E-state index contributed by atoms with van der Waals surface area (Å²) >= 11 is 1.46. The van der Waals surface area contributed by atoms with Crippen molar-refractivity contribution in [3.05, 3.63) is 58.3 Å². The molecule has 1 fully saturated rings. The number of fused-ring (bicyclic) bond motifs is 1. The fourth-order valence-corrected chi connectivity index (χ4v) is 6.54. The monoisotopic (exact) mass is 524 g/mol. The minimum absolute atomic E-state index is 0.0700. The second kappa shape index (κ2) is 11.1. The molecule has 0 aliphatic carbocycles. The Bertz CT molecular complexity index is 1410. The van der Waals surface area contributed by atoms with Gasteiger partial charge in [0, 0.05) is 54.8 Å². The molecule has 3 aromatic rings. The lowest BCUT2D eigenvalue weighted by Gasteiger charge is -2.34. The smallest absolute Gasteiger partial charge is 0.251 e. The average Bonchev–Trinajstić information content (AvgIpc) is 3.38. The summed E-state index contributed by atoms with van der Waals surface area (Å²) in [6, 6.07) is 18.6. The molecule has 2 N–H and O–H groups in total.